The molecule has 0 atom stereocenters. The second kappa shape index (κ2) is 8.22. The minimum Gasteiger partial charge on any atom is -0.497 e. The van der Waals surface area contributed by atoms with E-state index in [9.17, 15) is 14.4 Å². The highest BCUT2D eigenvalue weighted by atomic mass is 16.5. The standard InChI is InChI=1S/C21H18N2O5/c1-27-15-11-12-18(28-2)17(13-15)23-20(25)16(19(24)22-21(23)26)10-6-9-14-7-4-3-5-8-14/h3-13H,1-2H3,(H,22,24,26). The zero-order chi connectivity index (χ0) is 20.1. The van der Waals surface area contributed by atoms with Crippen LogP contribution in [0.4, 0.5) is 10.5 Å². The van der Waals surface area contributed by atoms with Crippen molar-refractivity contribution >= 4 is 29.6 Å². The lowest BCUT2D eigenvalue weighted by Crippen LogP contribution is -2.54. The smallest absolute Gasteiger partial charge is 0.336 e. The van der Waals surface area contributed by atoms with Crippen LogP contribution < -0.4 is 19.7 Å². The quantitative estimate of drug-likeness (QED) is 0.639. The van der Waals surface area contributed by atoms with Gasteiger partial charge in [-0.15, -0.1) is 0 Å². The fourth-order valence-electron chi connectivity index (χ4n) is 2.69. The lowest BCUT2D eigenvalue weighted by Gasteiger charge is -2.27. The van der Waals surface area contributed by atoms with Crippen LogP contribution in [0.15, 0.2) is 66.3 Å². The Bertz CT molecular complexity index is 980. The Morgan fingerprint density at radius 1 is 0.964 bits per heavy atom. The van der Waals surface area contributed by atoms with Crippen molar-refractivity contribution in [1.82, 2.24) is 5.32 Å². The van der Waals surface area contributed by atoms with Gasteiger partial charge in [0, 0.05) is 6.07 Å². The molecule has 7 nitrogen and oxygen atoms in total. The molecule has 2 aromatic carbocycles. The highest BCUT2D eigenvalue weighted by Crippen LogP contribution is 2.34. The highest BCUT2D eigenvalue weighted by Gasteiger charge is 2.38. The number of anilines is 1. The minimum absolute atomic E-state index is 0.170. The normalized spacial score (nSPS) is 15.9. The van der Waals surface area contributed by atoms with Crippen LogP contribution in [0, 0.1) is 0 Å². The molecule has 1 aliphatic heterocycles. The van der Waals surface area contributed by atoms with Gasteiger partial charge in [-0.25, -0.2) is 9.69 Å². The van der Waals surface area contributed by atoms with Crippen molar-refractivity contribution in [3.05, 3.63) is 71.8 Å². The van der Waals surface area contributed by atoms with Crippen LogP contribution in [0.5, 0.6) is 11.5 Å². The maximum atomic E-state index is 12.9. The SMILES string of the molecule is COc1ccc(OC)c(N2C(=O)NC(=O)C(=CC=Cc3ccccc3)C2=O)c1. The van der Waals surface area contributed by atoms with Crippen molar-refractivity contribution < 1.29 is 23.9 Å². The van der Waals surface area contributed by atoms with E-state index in [0.717, 1.165) is 10.5 Å². The first-order valence-corrected chi connectivity index (χ1v) is 8.40. The molecule has 1 aliphatic rings. The summed E-state index contributed by atoms with van der Waals surface area (Å²) in [4.78, 5) is 38.3. The van der Waals surface area contributed by atoms with Crippen molar-refractivity contribution in [2.24, 2.45) is 0 Å². The van der Waals surface area contributed by atoms with Gasteiger partial charge in [0.1, 0.15) is 17.1 Å². The molecule has 1 N–H and O–H groups in total. The summed E-state index contributed by atoms with van der Waals surface area (Å²) in [7, 11) is 2.88. The first kappa shape index (κ1) is 18.9. The first-order valence-electron chi connectivity index (χ1n) is 8.40. The minimum atomic E-state index is -0.856. The van der Waals surface area contributed by atoms with E-state index in [1.165, 1.54) is 26.4 Å². The second-order valence-electron chi connectivity index (χ2n) is 5.79. The molecule has 1 saturated heterocycles. The summed E-state index contributed by atoms with van der Waals surface area (Å²) in [5, 5.41) is 2.17. The molecule has 142 valence electrons. The van der Waals surface area contributed by atoms with E-state index in [2.05, 4.69) is 5.32 Å². The van der Waals surface area contributed by atoms with Gasteiger partial charge in [-0.05, 0) is 23.8 Å². The van der Waals surface area contributed by atoms with Crippen LogP contribution in [0.1, 0.15) is 5.56 Å². The number of allylic oxidation sites excluding steroid dienone is 2. The molecule has 2 aromatic rings. The molecule has 0 radical (unpaired) electrons. The van der Waals surface area contributed by atoms with Gasteiger partial charge in [0.25, 0.3) is 11.8 Å². The van der Waals surface area contributed by atoms with E-state index < -0.39 is 17.8 Å². The lowest BCUT2D eigenvalue weighted by atomic mass is 10.1. The number of nitrogens with zero attached hydrogens (tertiary/aromatic N) is 1. The molecule has 1 fully saturated rings. The third-order valence-electron chi connectivity index (χ3n) is 4.08. The topological polar surface area (TPSA) is 84.9 Å². The van der Waals surface area contributed by atoms with Crippen LogP contribution in [-0.2, 0) is 9.59 Å². The number of hydrogen-bond donors (Lipinski definition) is 1. The van der Waals surface area contributed by atoms with Crippen molar-refractivity contribution in [2.45, 2.75) is 0 Å². The number of methoxy groups -OCH3 is 2. The fraction of sp³-hybridized carbons (Fsp3) is 0.0952. The Morgan fingerprint density at radius 3 is 2.39 bits per heavy atom. The molecule has 3 rings (SSSR count). The number of ether oxygens (including phenoxy) is 2. The third kappa shape index (κ3) is 3.78. The van der Waals surface area contributed by atoms with Crippen LogP contribution in [0.25, 0.3) is 6.08 Å². The molecule has 0 spiro atoms. The van der Waals surface area contributed by atoms with Gasteiger partial charge in [-0.1, -0.05) is 42.5 Å². The van der Waals surface area contributed by atoms with Crippen molar-refractivity contribution in [3.8, 4) is 11.5 Å². The number of imide groups is 2. The molecule has 7 heteroatoms. The predicted molar refractivity (Wildman–Crippen MR) is 104 cm³/mol. The second-order valence-corrected chi connectivity index (χ2v) is 5.79. The molecular weight excluding hydrogens is 360 g/mol. The first-order chi connectivity index (χ1) is 13.5. The molecule has 0 saturated carbocycles. The van der Waals surface area contributed by atoms with Gasteiger partial charge in [0.2, 0.25) is 0 Å². The number of rotatable bonds is 5. The summed E-state index contributed by atoms with van der Waals surface area (Å²) in [6, 6.07) is 13.3. The molecule has 4 amide bonds. The number of benzene rings is 2. The Labute approximate surface area is 161 Å². The monoisotopic (exact) mass is 378 g/mol. The molecule has 0 aliphatic carbocycles. The Kier molecular flexibility index (Phi) is 5.55. The lowest BCUT2D eigenvalue weighted by molar-refractivity contribution is -0.122. The molecule has 28 heavy (non-hydrogen) atoms. The van der Waals surface area contributed by atoms with Gasteiger partial charge in [0.15, 0.2) is 0 Å². The van der Waals surface area contributed by atoms with E-state index in [-0.39, 0.29) is 17.0 Å². The van der Waals surface area contributed by atoms with E-state index in [1.54, 1.807) is 24.3 Å². The Morgan fingerprint density at radius 2 is 1.71 bits per heavy atom. The maximum Gasteiger partial charge on any atom is 0.336 e. The Balaban J connectivity index is 1.97. The number of carbonyl (C=O) groups is 3. The summed E-state index contributed by atoms with van der Waals surface area (Å²) >= 11 is 0. The van der Waals surface area contributed by atoms with Gasteiger partial charge < -0.3 is 9.47 Å². The van der Waals surface area contributed by atoms with Gasteiger partial charge >= 0.3 is 6.03 Å². The van der Waals surface area contributed by atoms with Gasteiger partial charge in [-0.3, -0.25) is 14.9 Å². The summed E-state index contributed by atoms with van der Waals surface area (Å²) in [6.07, 6.45) is 4.70. The van der Waals surface area contributed by atoms with Crippen molar-refractivity contribution in [2.75, 3.05) is 19.1 Å². The van der Waals surface area contributed by atoms with Crippen molar-refractivity contribution in [3.63, 3.8) is 0 Å². The number of amides is 4. The van der Waals surface area contributed by atoms with Crippen LogP contribution in [0.2, 0.25) is 0 Å². The number of barbiturate groups is 1. The van der Waals surface area contributed by atoms with Crippen LogP contribution >= 0.6 is 0 Å². The maximum absolute atomic E-state index is 12.9. The van der Waals surface area contributed by atoms with E-state index in [1.807, 2.05) is 30.3 Å². The van der Waals surface area contributed by atoms with E-state index in [4.69, 9.17) is 9.47 Å². The Hall–Kier alpha value is -3.87. The van der Waals surface area contributed by atoms with Gasteiger partial charge in [-0.2, -0.15) is 0 Å². The number of urea groups is 1. The molecule has 0 bridgehead atoms. The summed E-state index contributed by atoms with van der Waals surface area (Å²) in [5.74, 6) is -0.788. The average Bonchev–Trinajstić information content (AvgIpc) is 2.71. The average molecular weight is 378 g/mol. The zero-order valence-corrected chi connectivity index (χ0v) is 15.3. The molecule has 1 heterocycles. The van der Waals surface area contributed by atoms with Crippen molar-refractivity contribution in [1.29, 1.82) is 0 Å². The summed E-state index contributed by atoms with van der Waals surface area (Å²) in [6.45, 7) is 0. The zero-order valence-electron chi connectivity index (χ0n) is 15.3. The van der Waals surface area contributed by atoms with E-state index >= 15 is 0 Å². The largest absolute Gasteiger partial charge is 0.497 e. The third-order valence-corrected chi connectivity index (χ3v) is 4.08. The number of hydrogen-bond acceptors (Lipinski definition) is 5. The van der Waals surface area contributed by atoms with Crippen LogP contribution in [-0.4, -0.2) is 32.1 Å². The van der Waals surface area contributed by atoms with Crippen LogP contribution in [0.3, 0.4) is 0 Å². The predicted octanol–water partition coefficient (Wildman–Crippen LogP) is 2.93. The van der Waals surface area contributed by atoms with E-state index in [0.29, 0.717) is 5.75 Å². The number of carbonyl (C=O) groups excluding carboxylic acids is 3. The highest BCUT2D eigenvalue weighted by molar-refractivity contribution is 6.38. The molecular formula is C21H18N2O5. The summed E-state index contributed by atoms with van der Waals surface area (Å²) < 4.78 is 10.4. The number of nitrogens with one attached hydrogen (secondary N) is 1. The fourth-order valence-corrected chi connectivity index (χ4v) is 2.69. The molecule has 0 unspecified atom stereocenters. The molecule has 0 aromatic heterocycles. The summed E-state index contributed by atoms with van der Waals surface area (Å²) in [5.41, 5.74) is 0.914. The van der Waals surface area contributed by atoms with Gasteiger partial charge in [0.05, 0.1) is 19.9 Å².